The van der Waals surface area contributed by atoms with Crippen molar-refractivity contribution < 1.29 is 53.9 Å². The van der Waals surface area contributed by atoms with E-state index in [-0.39, 0.29) is 12.3 Å². The van der Waals surface area contributed by atoms with Crippen molar-refractivity contribution >= 4 is 13.7 Å². The first kappa shape index (κ1) is 56.1. The van der Waals surface area contributed by atoms with Crippen LogP contribution in [-0.4, -0.2) is 96.8 Å². The van der Waals surface area contributed by atoms with Gasteiger partial charge in [0.15, 0.2) is 0 Å². The van der Waals surface area contributed by atoms with E-state index in [0.717, 1.165) is 44.9 Å². The number of carbonyl (C=O) groups is 1. The third-order valence-corrected chi connectivity index (χ3v) is 12.8. The number of amides is 1. The largest absolute Gasteiger partial charge is 0.472 e. The molecule has 0 aromatic carbocycles. The van der Waals surface area contributed by atoms with Crippen molar-refractivity contribution in [2.45, 2.75) is 268 Å². The number of carbonyl (C=O) groups excluding carboxylic acids is 1. The summed E-state index contributed by atoms with van der Waals surface area (Å²) in [5.74, 6) is -0.338. The summed E-state index contributed by atoms with van der Waals surface area (Å²) in [4.78, 5) is 23.4. The zero-order valence-corrected chi connectivity index (χ0v) is 38.2. The maximum Gasteiger partial charge on any atom is 0.472 e. The maximum atomic E-state index is 12.9. The number of nitrogens with one attached hydrogen (secondary N) is 1. The van der Waals surface area contributed by atoms with Crippen molar-refractivity contribution in [2.24, 2.45) is 0 Å². The van der Waals surface area contributed by atoms with Gasteiger partial charge >= 0.3 is 7.82 Å². The Bertz CT molecular complexity index is 1050. The zero-order chi connectivity index (χ0) is 43.6. The maximum absolute atomic E-state index is 12.9. The van der Waals surface area contributed by atoms with Crippen LogP contribution in [0.15, 0.2) is 12.2 Å². The van der Waals surface area contributed by atoms with E-state index in [1.807, 2.05) is 6.08 Å². The van der Waals surface area contributed by atoms with Crippen LogP contribution in [0, 0.1) is 0 Å². The van der Waals surface area contributed by atoms with Crippen LogP contribution < -0.4 is 5.32 Å². The summed E-state index contributed by atoms with van der Waals surface area (Å²) < 4.78 is 22.9. The Balaban J connectivity index is 2.42. The second-order valence-electron chi connectivity index (χ2n) is 17.3. The van der Waals surface area contributed by atoms with E-state index in [0.29, 0.717) is 6.42 Å². The van der Waals surface area contributed by atoms with Gasteiger partial charge in [0, 0.05) is 6.42 Å². The summed E-state index contributed by atoms with van der Waals surface area (Å²) in [5, 5.41) is 64.0. The van der Waals surface area contributed by atoms with Crippen LogP contribution in [0.5, 0.6) is 0 Å². The van der Waals surface area contributed by atoms with Gasteiger partial charge in [0.1, 0.15) is 36.6 Å². The van der Waals surface area contributed by atoms with Gasteiger partial charge in [0.2, 0.25) is 5.91 Å². The van der Waals surface area contributed by atoms with Crippen molar-refractivity contribution in [3.05, 3.63) is 12.2 Å². The third kappa shape index (κ3) is 28.4. The van der Waals surface area contributed by atoms with Crippen LogP contribution >= 0.6 is 7.82 Å². The highest BCUT2D eigenvalue weighted by molar-refractivity contribution is 7.47. The predicted octanol–water partition coefficient (Wildman–Crippen LogP) is 9.23. The molecule has 1 aliphatic carbocycles. The SMILES string of the molecule is CCCCCCCCCCCC/C=C/[C@@H](O)[C@H](COP(=O)(O)OC1C(O)C(O)C(O)[C@@H](O)C1O)NC(=O)CCCCCCCCCCCCCCCCCCCCCC. The first-order chi connectivity index (χ1) is 28.4. The van der Waals surface area contributed by atoms with Crippen LogP contribution in [-0.2, 0) is 18.4 Å². The summed E-state index contributed by atoms with van der Waals surface area (Å²) in [5.41, 5.74) is 0. The van der Waals surface area contributed by atoms with Gasteiger partial charge in [-0.2, -0.15) is 0 Å². The minimum Gasteiger partial charge on any atom is -0.387 e. The van der Waals surface area contributed by atoms with Gasteiger partial charge in [-0.15, -0.1) is 0 Å². The fraction of sp³-hybridized carbons (Fsp3) is 0.935. The normalized spacial score (nSPS) is 23.1. The van der Waals surface area contributed by atoms with Crippen LogP contribution in [0.1, 0.15) is 219 Å². The van der Waals surface area contributed by atoms with E-state index in [1.54, 1.807) is 0 Å². The number of phosphoric ester groups is 1. The Morgan fingerprint density at radius 1 is 0.559 bits per heavy atom. The van der Waals surface area contributed by atoms with E-state index in [1.165, 1.54) is 154 Å². The van der Waals surface area contributed by atoms with Gasteiger partial charge in [-0.25, -0.2) is 4.57 Å². The van der Waals surface area contributed by atoms with Crippen molar-refractivity contribution in [2.75, 3.05) is 6.61 Å². The fourth-order valence-electron chi connectivity index (χ4n) is 7.84. The molecule has 0 spiro atoms. The van der Waals surface area contributed by atoms with Crippen molar-refractivity contribution in [3.8, 4) is 0 Å². The quantitative estimate of drug-likeness (QED) is 0.0166. The van der Waals surface area contributed by atoms with Crippen molar-refractivity contribution in [1.29, 1.82) is 0 Å². The molecule has 0 heterocycles. The second-order valence-corrected chi connectivity index (χ2v) is 18.7. The first-order valence-electron chi connectivity index (χ1n) is 24.1. The summed E-state index contributed by atoms with van der Waals surface area (Å²) >= 11 is 0. The van der Waals surface area contributed by atoms with Gasteiger partial charge in [-0.3, -0.25) is 13.8 Å². The lowest BCUT2D eigenvalue weighted by Gasteiger charge is -2.41. The van der Waals surface area contributed by atoms with Gasteiger partial charge in [-0.1, -0.05) is 206 Å². The summed E-state index contributed by atoms with van der Waals surface area (Å²) in [7, 11) is -5.07. The molecule has 1 fully saturated rings. The van der Waals surface area contributed by atoms with E-state index in [4.69, 9.17) is 9.05 Å². The lowest BCUT2D eigenvalue weighted by molar-refractivity contribution is -0.220. The van der Waals surface area contributed by atoms with Crippen LogP contribution in [0.4, 0.5) is 0 Å². The molecule has 9 atom stereocenters. The second kappa shape index (κ2) is 36.6. The molecule has 8 N–H and O–H groups in total. The van der Waals surface area contributed by atoms with Crippen molar-refractivity contribution in [3.63, 3.8) is 0 Å². The van der Waals surface area contributed by atoms with E-state index < -0.39 is 63.2 Å². The Morgan fingerprint density at radius 2 is 0.898 bits per heavy atom. The lowest BCUT2D eigenvalue weighted by Crippen LogP contribution is -2.64. The highest BCUT2D eigenvalue weighted by Gasteiger charge is 2.51. The van der Waals surface area contributed by atoms with Crippen LogP contribution in [0.3, 0.4) is 0 Å². The first-order valence-corrected chi connectivity index (χ1v) is 25.6. The third-order valence-electron chi connectivity index (χ3n) is 11.8. The molecular formula is C46H90NO11P. The lowest BCUT2D eigenvalue weighted by atomic mass is 9.85. The number of unbranched alkanes of at least 4 members (excludes halogenated alkanes) is 29. The molecule has 0 aromatic heterocycles. The topological polar surface area (TPSA) is 206 Å². The number of hydrogen-bond donors (Lipinski definition) is 8. The molecule has 1 amide bonds. The Hall–Kier alpha value is -0.920. The standard InChI is InChI=1S/C46H90NO11P/c1-3-5-7-9-11-13-15-17-18-19-20-21-22-23-24-26-28-30-32-34-36-40(49)47-38(39(48)35-33-31-29-27-25-16-14-12-10-8-6-4-2)37-57-59(55,56)58-46-44(53)42(51)41(50)43(52)45(46)54/h33,35,38-39,41-46,48,50-54H,3-32,34,36-37H2,1-2H3,(H,47,49)(H,55,56)/b35-33+/t38-,39+,41?,42+,43?,44?,45?,46?/m0/s1. The molecule has 350 valence electrons. The molecule has 0 aromatic rings. The molecule has 6 unspecified atom stereocenters. The fourth-order valence-corrected chi connectivity index (χ4v) is 8.81. The summed E-state index contributed by atoms with van der Waals surface area (Å²) in [6.45, 7) is 3.84. The zero-order valence-electron chi connectivity index (χ0n) is 37.3. The molecule has 0 aliphatic heterocycles. The molecular weight excluding hydrogens is 773 g/mol. The Labute approximate surface area is 359 Å². The van der Waals surface area contributed by atoms with Crippen LogP contribution in [0.25, 0.3) is 0 Å². The van der Waals surface area contributed by atoms with Gasteiger partial charge in [0.25, 0.3) is 0 Å². The van der Waals surface area contributed by atoms with E-state index in [9.17, 15) is 44.9 Å². The molecule has 0 radical (unpaired) electrons. The minimum absolute atomic E-state index is 0.219. The highest BCUT2D eigenvalue weighted by atomic mass is 31.2. The number of aliphatic hydroxyl groups excluding tert-OH is 6. The van der Waals surface area contributed by atoms with E-state index >= 15 is 0 Å². The highest BCUT2D eigenvalue weighted by Crippen LogP contribution is 2.47. The van der Waals surface area contributed by atoms with E-state index in [2.05, 4.69) is 19.2 Å². The monoisotopic (exact) mass is 864 g/mol. The molecule has 1 aliphatic rings. The molecule has 59 heavy (non-hydrogen) atoms. The van der Waals surface area contributed by atoms with Gasteiger partial charge in [0.05, 0.1) is 18.8 Å². The van der Waals surface area contributed by atoms with Gasteiger partial charge in [-0.05, 0) is 19.3 Å². The predicted molar refractivity (Wildman–Crippen MR) is 237 cm³/mol. The molecule has 0 saturated heterocycles. The number of aliphatic hydroxyl groups is 6. The Morgan fingerprint density at radius 3 is 1.29 bits per heavy atom. The molecule has 0 bridgehead atoms. The number of allylic oxidation sites excluding steroid dienone is 1. The minimum atomic E-state index is -5.07. The summed E-state index contributed by atoms with van der Waals surface area (Å²) in [6, 6.07) is -1.11. The number of rotatable bonds is 40. The molecule has 12 nitrogen and oxygen atoms in total. The number of phosphoric acid groups is 1. The van der Waals surface area contributed by atoms with Crippen molar-refractivity contribution in [1.82, 2.24) is 5.32 Å². The molecule has 1 rings (SSSR count). The Kier molecular flexibility index (Phi) is 34.8. The van der Waals surface area contributed by atoms with Crippen LogP contribution in [0.2, 0.25) is 0 Å². The van der Waals surface area contributed by atoms with Gasteiger partial charge < -0.3 is 40.8 Å². The summed E-state index contributed by atoms with van der Waals surface area (Å²) in [6.07, 6.45) is 28.6. The smallest absolute Gasteiger partial charge is 0.387 e. The molecule has 1 saturated carbocycles. The number of hydrogen-bond acceptors (Lipinski definition) is 10. The average Bonchev–Trinajstić information content (AvgIpc) is 3.22. The average molecular weight is 864 g/mol. The molecule has 13 heteroatoms.